The van der Waals surface area contributed by atoms with Crippen molar-refractivity contribution in [3.05, 3.63) is 79.7 Å². The maximum absolute atomic E-state index is 13.2. The molecule has 0 atom stereocenters. The van der Waals surface area contributed by atoms with Gasteiger partial charge in [0.25, 0.3) is 0 Å². The maximum atomic E-state index is 13.2. The number of hydrogen-bond donors (Lipinski definition) is 2. The van der Waals surface area contributed by atoms with Crippen LogP contribution in [0.25, 0.3) is 28.0 Å². The number of amides is 1. The molecule has 6 rings (SSSR count). The van der Waals surface area contributed by atoms with Crippen LogP contribution in [0, 0.1) is 0 Å². The second-order valence-electron chi connectivity index (χ2n) is 9.38. The zero-order valence-corrected chi connectivity index (χ0v) is 22.3. The van der Waals surface area contributed by atoms with Crippen molar-refractivity contribution in [2.24, 2.45) is 0 Å². The molecular formula is C28H26F2N10O2. The fourth-order valence-corrected chi connectivity index (χ4v) is 4.48. The molecular weight excluding hydrogens is 546 g/mol. The predicted molar refractivity (Wildman–Crippen MR) is 153 cm³/mol. The normalized spacial score (nSPS) is 13.5. The summed E-state index contributed by atoms with van der Waals surface area (Å²) < 4.78 is 34.0. The van der Waals surface area contributed by atoms with E-state index in [4.69, 9.17) is 14.7 Å². The van der Waals surface area contributed by atoms with Gasteiger partial charge in [-0.1, -0.05) is 24.8 Å². The Bertz CT molecular complexity index is 1710. The van der Waals surface area contributed by atoms with Crippen LogP contribution in [0.15, 0.2) is 74.0 Å². The number of ether oxygens (including phenoxy) is 1. The van der Waals surface area contributed by atoms with E-state index in [1.807, 2.05) is 41.3 Å². The number of nitrogens with zero attached hydrogens (tertiary/aromatic N) is 8. The zero-order chi connectivity index (χ0) is 29.1. The first-order valence-corrected chi connectivity index (χ1v) is 13.1. The Hall–Kier alpha value is -5.24. The first-order chi connectivity index (χ1) is 20.5. The number of anilines is 3. The number of benzene rings is 1. The SMILES string of the molecule is C=CC(=O)Nc1ccc(-c2ccc(CNc3nc(N4CCOCC4)nc4c3ncn4-c3cnn(C(F)F)c3)nc2)cc1. The lowest BCUT2D eigenvalue weighted by Crippen LogP contribution is -2.37. The number of nitrogens with one attached hydrogen (secondary N) is 2. The maximum Gasteiger partial charge on any atom is 0.333 e. The van der Waals surface area contributed by atoms with Crippen LogP contribution in [-0.4, -0.2) is 66.5 Å². The quantitative estimate of drug-likeness (QED) is 0.252. The molecule has 5 heterocycles. The molecule has 14 heteroatoms. The van der Waals surface area contributed by atoms with Gasteiger partial charge in [0.1, 0.15) is 6.33 Å². The number of imidazole rings is 1. The Morgan fingerprint density at radius 1 is 1.05 bits per heavy atom. The number of hydrogen-bond acceptors (Lipinski definition) is 9. The highest BCUT2D eigenvalue weighted by molar-refractivity contribution is 5.99. The fraction of sp³-hybridized carbons (Fsp3) is 0.214. The summed E-state index contributed by atoms with van der Waals surface area (Å²) >= 11 is 0. The van der Waals surface area contributed by atoms with E-state index in [1.54, 1.807) is 10.8 Å². The molecule has 214 valence electrons. The van der Waals surface area contributed by atoms with E-state index in [9.17, 15) is 13.6 Å². The van der Waals surface area contributed by atoms with Crippen molar-refractivity contribution in [2.75, 3.05) is 41.8 Å². The summed E-state index contributed by atoms with van der Waals surface area (Å²) in [6, 6.07) is 11.3. The summed E-state index contributed by atoms with van der Waals surface area (Å²) in [7, 11) is 0. The van der Waals surface area contributed by atoms with Crippen LogP contribution < -0.4 is 15.5 Å². The highest BCUT2D eigenvalue weighted by Crippen LogP contribution is 2.27. The van der Waals surface area contributed by atoms with Crippen molar-refractivity contribution < 1.29 is 18.3 Å². The topological polar surface area (TPSA) is 128 Å². The first kappa shape index (κ1) is 27.0. The van der Waals surface area contributed by atoms with Gasteiger partial charge in [-0.15, -0.1) is 0 Å². The highest BCUT2D eigenvalue weighted by Gasteiger charge is 2.21. The number of rotatable bonds is 9. The van der Waals surface area contributed by atoms with E-state index in [0.717, 1.165) is 16.8 Å². The van der Waals surface area contributed by atoms with Gasteiger partial charge in [0, 0.05) is 30.5 Å². The number of aromatic nitrogens is 7. The molecule has 5 aromatic rings. The largest absolute Gasteiger partial charge is 0.378 e. The van der Waals surface area contributed by atoms with E-state index in [1.165, 1.54) is 24.8 Å². The number of carbonyl (C=O) groups is 1. The summed E-state index contributed by atoms with van der Waals surface area (Å²) in [5, 5.41) is 9.79. The molecule has 42 heavy (non-hydrogen) atoms. The molecule has 1 aliphatic rings. The molecule has 1 saturated heterocycles. The van der Waals surface area contributed by atoms with Crippen molar-refractivity contribution in [1.82, 2.24) is 34.3 Å². The lowest BCUT2D eigenvalue weighted by Gasteiger charge is -2.27. The monoisotopic (exact) mass is 572 g/mol. The minimum absolute atomic E-state index is 0.270. The molecule has 1 amide bonds. The zero-order valence-electron chi connectivity index (χ0n) is 22.3. The Balaban J connectivity index is 1.24. The van der Waals surface area contributed by atoms with Gasteiger partial charge in [-0.25, -0.2) is 9.67 Å². The third kappa shape index (κ3) is 5.65. The van der Waals surface area contributed by atoms with Crippen molar-refractivity contribution in [2.45, 2.75) is 13.1 Å². The van der Waals surface area contributed by atoms with E-state index in [2.05, 4.69) is 32.3 Å². The van der Waals surface area contributed by atoms with Gasteiger partial charge in [-0.2, -0.15) is 23.8 Å². The molecule has 0 saturated carbocycles. The summed E-state index contributed by atoms with van der Waals surface area (Å²) in [5.74, 6) is 0.700. The van der Waals surface area contributed by atoms with Crippen molar-refractivity contribution >= 4 is 34.5 Å². The van der Waals surface area contributed by atoms with Crippen LogP contribution in [0.2, 0.25) is 0 Å². The Morgan fingerprint density at radius 2 is 1.83 bits per heavy atom. The minimum Gasteiger partial charge on any atom is -0.378 e. The molecule has 0 aliphatic carbocycles. The fourth-order valence-electron chi connectivity index (χ4n) is 4.48. The van der Waals surface area contributed by atoms with Crippen LogP contribution in [0.5, 0.6) is 0 Å². The van der Waals surface area contributed by atoms with Gasteiger partial charge in [0.05, 0.1) is 43.5 Å². The van der Waals surface area contributed by atoms with Crippen LogP contribution in [0.1, 0.15) is 12.2 Å². The standard InChI is InChI=1S/C28H26F2N10O2/c1-2-23(41)35-20-6-3-18(4-7-20)19-5-8-21(31-13-19)14-32-25-24-26(37-28(36-25)38-9-11-42-12-10-38)39(17-33-24)22-15-34-40(16-22)27(29)30/h2-8,13,15-17,27H,1,9-12,14H2,(H,35,41)(H,32,36,37). The van der Waals surface area contributed by atoms with Crippen molar-refractivity contribution in [3.63, 3.8) is 0 Å². The molecule has 0 radical (unpaired) electrons. The molecule has 0 unspecified atom stereocenters. The Kier molecular flexibility index (Phi) is 7.51. The summed E-state index contributed by atoms with van der Waals surface area (Å²) in [6.07, 6.45) is 7.09. The number of halogens is 2. The van der Waals surface area contributed by atoms with Gasteiger partial charge >= 0.3 is 6.55 Å². The average Bonchev–Trinajstić information content (AvgIpc) is 3.69. The third-order valence-electron chi connectivity index (χ3n) is 6.68. The molecule has 12 nitrogen and oxygen atoms in total. The smallest absolute Gasteiger partial charge is 0.333 e. The number of alkyl halides is 2. The van der Waals surface area contributed by atoms with Crippen LogP contribution in [0.4, 0.5) is 26.2 Å². The number of pyridine rings is 1. The van der Waals surface area contributed by atoms with Gasteiger partial charge in [0.15, 0.2) is 17.0 Å². The number of carbonyl (C=O) groups excluding carboxylic acids is 1. The molecule has 0 spiro atoms. The van der Waals surface area contributed by atoms with Gasteiger partial charge in [-0.05, 0) is 29.8 Å². The molecule has 1 aromatic carbocycles. The van der Waals surface area contributed by atoms with E-state index < -0.39 is 6.55 Å². The van der Waals surface area contributed by atoms with Crippen molar-refractivity contribution in [1.29, 1.82) is 0 Å². The first-order valence-electron chi connectivity index (χ1n) is 13.1. The second-order valence-corrected chi connectivity index (χ2v) is 9.38. The second kappa shape index (κ2) is 11.7. The van der Waals surface area contributed by atoms with Crippen LogP contribution in [-0.2, 0) is 16.1 Å². The van der Waals surface area contributed by atoms with Gasteiger partial charge in [-0.3, -0.25) is 14.3 Å². The molecule has 0 bridgehead atoms. The van der Waals surface area contributed by atoms with Gasteiger partial charge < -0.3 is 20.3 Å². The molecule has 1 fully saturated rings. The summed E-state index contributed by atoms with van der Waals surface area (Å²) in [5.41, 5.74) is 4.66. The molecule has 4 aromatic heterocycles. The van der Waals surface area contributed by atoms with Crippen LogP contribution >= 0.6 is 0 Å². The third-order valence-corrected chi connectivity index (χ3v) is 6.68. The van der Waals surface area contributed by atoms with Crippen LogP contribution in [0.3, 0.4) is 0 Å². The van der Waals surface area contributed by atoms with E-state index in [-0.39, 0.29) is 5.91 Å². The number of morpholine rings is 1. The van der Waals surface area contributed by atoms with Crippen molar-refractivity contribution in [3.8, 4) is 16.8 Å². The lowest BCUT2D eigenvalue weighted by molar-refractivity contribution is -0.111. The van der Waals surface area contributed by atoms with E-state index >= 15 is 0 Å². The molecule has 2 N–H and O–H groups in total. The highest BCUT2D eigenvalue weighted by atomic mass is 19.3. The molecule has 1 aliphatic heterocycles. The Labute approximate surface area is 238 Å². The van der Waals surface area contributed by atoms with Gasteiger partial charge in [0.2, 0.25) is 11.9 Å². The lowest BCUT2D eigenvalue weighted by atomic mass is 10.1. The summed E-state index contributed by atoms with van der Waals surface area (Å²) in [6.45, 7) is 3.39. The Morgan fingerprint density at radius 3 is 2.52 bits per heavy atom. The predicted octanol–water partition coefficient (Wildman–Crippen LogP) is 4.04. The number of fused-ring (bicyclic) bond motifs is 1. The average molecular weight is 573 g/mol. The van der Waals surface area contributed by atoms with E-state index in [0.29, 0.717) is 71.8 Å². The minimum atomic E-state index is -2.76. The summed E-state index contributed by atoms with van der Waals surface area (Å²) in [4.78, 5) is 32.1.